The number of benzene rings is 1. The minimum absolute atomic E-state index is 0.118. The number of aromatic amines is 1. The SMILES string of the molecule is O=C(N[C@@H]1CN2CCC1CC2)c1n[nH]c2ccc(CC(=O)N3CCCC3)cc12. The molecule has 2 aromatic rings. The number of fused-ring (bicyclic) bond motifs is 4. The van der Waals surface area contributed by atoms with Crippen molar-refractivity contribution < 1.29 is 9.59 Å². The Morgan fingerprint density at radius 1 is 1.14 bits per heavy atom. The van der Waals surface area contributed by atoms with Gasteiger partial charge in [-0.3, -0.25) is 14.7 Å². The molecule has 1 aromatic carbocycles. The van der Waals surface area contributed by atoms with Gasteiger partial charge in [-0.05, 0) is 62.4 Å². The molecule has 4 fully saturated rings. The number of piperidine rings is 3. The second-order valence-electron chi connectivity index (χ2n) is 8.43. The summed E-state index contributed by atoms with van der Waals surface area (Å²) in [5.74, 6) is 0.624. The van der Waals surface area contributed by atoms with Gasteiger partial charge in [-0.2, -0.15) is 5.10 Å². The van der Waals surface area contributed by atoms with Gasteiger partial charge in [0.25, 0.3) is 5.91 Å². The lowest BCUT2D eigenvalue weighted by Gasteiger charge is -2.44. The molecule has 1 atom stereocenters. The molecule has 0 unspecified atom stereocenters. The van der Waals surface area contributed by atoms with Crippen LogP contribution in [0.2, 0.25) is 0 Å². The maximum absolute atomic E-state index is 12.9. The molecule has 4 saturated heterocycles. The standard InChI is InChI=1S/C21H27N5O2/c27-19(26-7-1-2-8-26)12-14-3-4-17-16(11-14)20(24-23-17)21(28)22-18-13-25-9-5-15(18)6-10-25/h3-4,11,15,18H,1-2,5-10,12-13H2,(H,22,28)(H,23,24)/t18-/m1/s1. The zero-order valence-corrected chi connectivity index (χ0v) is 16.1. The fourth-order valence-corrected chi connectivity index (χ4v) is 4.96. The Hall–Kier alpha value is -2.41. The number of nitrogens with zero attached hydrogens (tertiary/aromatic N) is 3. The Balaban J connectivity index is 1.33. The van der Waals surface area contributed by atoms with E-state index < -0.39 is 0 Å². The second-order valence-corrected chi connectivity index (χ2v) is 8.43. The first-order chi connectivity index (χ1) is 13.7. The van der Waals surface area contributed by atoms with Crippen molar-refractivity contribution in [1.29, 1.82) is 0 Å². The molecule has 7 heteroatoms. The van der Waals surface area contributed by atoms with E-state index in [1.807, 2.05) is 23.1 Å². The fourth-order valence-electron chi connectivity index (χ4n) is 4.96. The Bertz CT molecular complexity index is 893. The molecule has 6 rings (SSSR count). The van der Waals surface area contributed by atoms with E-state index in [0.29, 0.717) is 18.0 Å². The molecule has 5 heterocycles. The number of hydrogen-bond acceptors (Lipinski definition) is 4. The van der Waals surface area contributed by atoms with Gasteiger partial charge < -0.3 is 15.1 Å². The van der Waals surface area contributed by atoms with Gasteiger partial charge in [0.05, 0.1) is 11.9 Å². The molecule has 2 amide bonds. The van der Waals surface area contributed by atoms with Crippen LogP contribution in [0.15, 0.2) is 18.2 Å². The van der Waals surface area contributed by atoms with E-state index in [-0.39, 0.29) is 17.9 Å². The Morgan fingerprint density at radius 3 is 2.64 bits per heavy atom. The Kier molecular flexibility index (Phi) is 4.55. The van der Waals surface area contributed by atoms with Crippen molar-refractivity contribution in [3.8, 4) is 0 Å². The minimum Gasteiger partial charge on any atom is -0.346 e. The van der Waals surface area contributed by atoms with E-state index in [1.54, 1.807) is 0 Å². The summed E-state index contributed by atoms with van der Waals surface area (Å²) in [5, 5.41) is 11.2. The number of hydrogen-bond donors (Lipinski definition) is 2. The molecule has 0 aliphatic carbocycles. The lowest BCUT2D eigenvalue weighted by atomic mass is 9.84. The van der Waals surface area contributed by atoms with Crippen molar-refractivity contribution in [3.05, 3.63) is 29.5 Å². The number of aromatic nitrogens is 2. The molecule has 28 heavy (non-hydrogen) atoms. The van der Waals surface area contributed by atoms with Gasteiger partial charge in [-0.25, -0.2) is 0 Å². The van der Waals surface area contributed by atoms with Crippen LogP contribution in [-0.4, -0.2) is 70.6 Å². The zero-order chi connectivity index (χ0) is 19.1. The molecule has 0 saturated carbocycles. The highest BCUT2D eigenvalue weighted by Gasteiger charge is 2.35. The van der Waals surface area contributed by atoms with Gasteiger partial charge >= 0.3 is 0 Å². The number of nitrogens with one attached hydrogen (secondary N) is 2. The van der Waals surface area contributed by atoms with Gasteiger partial charge in [0.1, 0.15) is 0 Å². The summed E-state index contributed by atoms with van der Waals surface area (Å²) in [7, 11) is 0. The van der Waals surface area contributed by atoms with Crippen LogP contribution >= 0.6 is 0 Å². The predicted molar refractivity (Wildman–Crippen MR) is 106 cm³/mol. The quantitative estimate of drug-likeness (QED) is 0.842. The number of carbonyl (C=O) groups is 2. The topological polar surface area (TPSA) is 81.3 Å². The monoisotopic (exact) mass is 381 g/mol. The summed E-state index contributed by atoms with van der Waals surface area (Å²) in [6, 6.07) is 6.02. The summed E-state index contributed by atoms with van der Waals surface area (Å²) in [5.41, 5.74) is 2.20. The Morgan fingerprint density at radius 2 is 1.93 bits per heavy atom. The van der Waals surface area contributed by atoms with E-state index in [1.165, 1.54) is 0 Å². The van der Waals surface area contributed by atoms with Crippen LogP contribution in [0.4, 0.5) is 0 Å². The van der Waals surface area contributed by atoms with Gasteiger partial charge in [-0.1, -0.05) is 6.07 Å². The smallest absolute Gasteiger partial charge is 0.272 e. The van der Waals surface area contributed by atoms with E-state index >= 15 is 0 Å². The predicted octanol–water partition coefficient (Wildman–Crippen LogP) is 1.55. The van der Waals surface area contributed by atoms with Crippen molar-refractivity contribution in [2.75, 3.05) is 32.7 Å². The van der Waals surface area contributed by atoms with Gasteiger partial charge in [-0.15, -0.1) is 0 Å². The molecule has 2 N–H and O–H groups in total. The zero-order valence-electron chi connectivity index (χ0n) is 16.1. The van der Waals surface area contributed by atoms with Crippen molar-refractivity contribution >= 4 is 22.7 Å². The van der Waals surface area contributed by atoms with Crippen LogP contribution < -0.4 is 5.32 Å². The van der Waals surface area contributed by atoms with Gasteiger partial charge in [0, 0.05) is 31.1 Å². The number of likely N-dealkylation sites (tertiary alicyclic amines) is 1. The highest BCUT2D eigenvalue weighted by molar-refractivity contribution is 6.05. The van der Waals surface area contributed by atoms with Crippen LogP contribution in [0.5, 0.6) is 0 Å². The molecule has 1 aromatic heterocycles. The van der Waals surface area contributed by atoms with Crippen LogP contribution in [0.25, 0.3) is 10.9 Å². The normalized spacial score (nSPS) is 26.7. The maximum Gasteiger partial charge on any atom is 0.272 e. The maximum atomic E-state index is 12.9. The van der Waals surface area contributed by atoms with E-state index in [2.05, 4.69) is 20.4 Å². The summed E-state index contributed by atoms with van der Waals surface area (Å²) < 4.78 is 0. The molecule has 148 valence electrons. The first kappa shape index (κ1) is 17.7. The summed E-state index contributed by atoms with van der Waals surface area (Å²) in [6.07, 6.45) is 4.89. The molecule has 7 nitrogen and oxygen atoms in total. The fraction of sp³-hybridized carbons (Fsp3) is 0.571. The first-order valence-electron chi connectivity index (χ1n) is 10.5. The van der Waals surface area contributed by atoms with Crippen molar-refractivity contribution in [2.45, 2.75) is 38.1 Å². The van der Waals surface area contributed by atoms with E-state index in [0.717, 1.165) is 74.9 Å². The van der Waals surface area contributed by atoms with Crippen molar-refractivity contribution in [1.82, 2.24) is 25.3 Å². The molecule has 4 aliphatic rings. The third-order valence-electron chi connectivity index (χ3n) is 6.63. The summed E-state index contributed by atoms with van der Waals surface area (Å²) in [6.45, 7) is 4.96. The van der Waals surface area contributed by atoms with Crippen LogP contribution in [0.1, 0.15) is 41.7 Å². The van der Waals surface area contributed by atoms with E-state index in [9.17, 15) is 9.59 Å². The lowest BCUT2D eigenvalue weighted by molar-refractivity contribution is -0.129. The molecular formula is C21H27N5O2. The minimum atomic E-state index is -0.118. The molecule has 0 spiro atoms. The lowest BCUT2D eigenvalue weighted by Crippen LogP contribution is -2.57. The summed E-state index contributed by atoms with van der Waals surface area (Å²) in [4.78, 5) is 29.7. The average Bonchev–Trinajstić information content (AvgIpc) is 3.39. The molecule has 4 aliphatic heterocycles. The molecular weight excluding hydrogens is 354 g/mol. The Labute approximate surface area is 164 Å². The highest BCUT2D eigenvalue weighted by atomic mass is 16.2. The van der Waals surface area contributed by atoms with Crippen LogP contribution in [-0.2, 0) is 11.2 Å². The number of amides is 2. The second kappa shape index (κ2) is 7.20. The van der Waals surface area contributed by atoms with Crippen LogP contribution in [0.3, 0.4) is 0 Å². The first-order valence-corrected chi connectivity index (χ1v) is 10.5. The third kappa shape index (κ3) is 3.28. The average molecular weight is 381 g/mol. The highest BCUT2D eigenvalue weighted by Crippen LogP contribution is 2.28. The van der Waals surface area contributed by atoms with E-state index in [4.69, 9.17) is 0 Å². The molecule has 2 bridgehead atoms. The number of carbonyl (C=O) groups excluding carboxylic acids is 2. The van der Waals surface area contributed by atoms with Gasteiger partial charge in [0.2, 0.25) is 5.91 Å². The summed E-state index contributed by atoms with van der Waals surface area (Å²) >= 11 is 0. The van der Waals surface area contributed by atoms with Crippen molar-refractivity contribution in [2.24, 2.45) is 5.92 Å². The third-order valence-corrected chi connectivity index (χ3v) is 6.63. The van der Waals surface area contributed by atoms with Crippen molar-refractivity contribution in [3.63, 3.8) is 0 Å². The molecule has 0 radical (unpaired) electrons. The van der Waals surface area contributed by atoms with Gasteiger partial charge in [0.15, 0.2) is 5.69 Å². The number of H-pyrrole nitrogens is 1. The number of rotatable bonds is 4. The largest absolute Gasteiger partial charge is 0.346 e. The van der Waals surface area contributed by atoms with Crippen LogP contribution in [0, 0.1) is 5.92 Å².